The Labute approximate surface area is 194 Å². The zero-order valence-corrected chi connectivity index (χ0v) is 18.5. The van der Waals surface area contributed by atoms with Gasteiger partial charge in [0.25, 0.3) is 0 Å². The predicted molar refractivity (Wildman–Crippen MR) is 125 cm³/mol. The summed E-state index contributed by atoms with van der Waals surface area (Å²) in [5.41, 5.74) is 4.19. The number of carbonyl (C=O) groups is 2. The number of nitrogens with zero attached hydrogens (tertiary/aromatic N) is 1. The number of amides is 2. The molecular weight excluding hydrogens is 453 g/mol. The molecule has 0 aliphatic heterocycles. The molecule has 7 nitrogen and oxygen atoms in total. The number of carbonyl (C=O) groups excluding carboxylic acids is 2. The van der Waals surface area contributed by atoms with Crippen molar-refractivity contribution < 1.29 is 19.1 Å². The van der Waals surface area contributed by atoms with Crippen molar-refractivity contribution in [3.63, 3.8) is 0 Å². The highest BCUT2D eigenvalue weighted by Crippen LogP contribution is 2.23. The van der Waals surface area contributed by atoms with Gasteiger partial charge >= 0.3 is 11.8 Å². The minimum atomic E-state index is -0.899. The highest BCUT2D eigenvalue weighted by Gasteiger charge is 2.12. The van der Waals surface area contributed by atoms with E-state index in [-0.39, 0.29) is 0 Å². The number of halogens is 2. The Morgan fingerprint density at radius 1 is 0.938 bits per heavy atom. The van der Waals surface area contributed by atoms with E-state index < -0.39 is 11.8 Å². The van der Waals surface area contributed by atoms with Crippen molar-refractivity contribution >= 4 is 46.9 Å². The Morgan fingerprint density at radius 3 is 2.44 bits per heavy atom. The summed E-state index contributed by atoms with van der Waals surface area (Å²) in [5.74, 6) is -0.501. The van der Waals surface area contributed by atoms with Crippen LogP contribution in [0.2, 0.25) is 10.0 Å². The molecule has 0 aliphatic rings. The molecule has 0 aliphatic carbocycles. The van der Waals surface area contributed by atoms with Crippen LogP contribution in [0.4, 0.5) is 5.69 Å². The number of ether oxygens (including phenoxy) is 2. The summed E-state index contributed by atoms with van der Waals surface area (Å²) in [6.07, 6.45) is 1.41. The summed E-state index contributed by atoms with van der Waals surface area (Å²) >= 11 is 11.9. The summed E-state index contributed by atoms with van der Waals surface area (Å²) in [4.78, 5) is 23.9. The van der Waals surface area contributed by atoms with Gasteiger partial charge in [-0.25, -0.2) is 5.43 Å². The molecule has 9 heteroatoms. The fourth-order valence-corrected chi connectivity index (χ4v) is 2.88. The number of anilines is 1. The first-order valence-electron chi connectivity index (χ1n) is 9.40. The Morgan fingerprint density at radius 2 is 1.72 bits per heavy atom. The van der Waals surface area contributed by atoms with Gasteiger partial charge in [-0.15, -0.1) is 0 Å². The average Bonchev–Trinajstić information content (AvgIpc) is 2.80. The molecule has 0 radical (unpaired) electrons. The lowest BCUT2D eigenvalue weighted by Crippen LogP contribution is -2.32. The molecule has 0 aromatic heterocycles. The van der Waals surface area contributed by atoms with Gasteiger partial charge < -0.3 is 14.8 Å². The normalized spacial score (nSPS) is 10.6. The third kappa shape index (κ3) is 6.73. The molecule has 2 N–H and O–H groups in total. The fourth-order valence-electron chi connectivity index (χ4n) is 2.56. The van der Waals surface area contributed by atoms with Gasteiger partial charge in [-0.05, 0) is 59.7 Å². The quantitative estimate of drug-likeness (QED) is 0.297. The maximum Gasteiger partial charge on any atom is 0.329 e. The number of hydrazone groups is 1. The van der Waals surface area contributed by atoms with Crippen molar-refractivity contribution in [2.75, 3.05) is 12.4 Å². The zero-order valence-electron chi connectivity index (χ0n) is 17.0. The van der Waals surface area contributed by atoms with E-state index in [0.717, 1.165) is 5.56 Å². The van der Waals surface area contributed by atoms with Crippen LogP contribution in [0.3, 0.4) is 0 Å². The summed E-state index contributed by atoms with van der Waals surface area (Å²) in [5, 5.41) is 7.23. The van der Waals surface area contributed by atoms with E-state index in [1.54, 1.807) is 60.7 Å². The van der Waals surface area contributed by atoms with Crippen LogP contribution in [0.1, 0.15) is 11.1 Å². The van der Waals surface area contributed by atoms with Gasteiger partial charge in [-0.3, -0.25) is 9.59 Å². The number of methoxy groups -OCH3 is 1. The van der Waals surface area contributed by atoms with Gasteiger partial charge in [-0.2, -0.15) is 5.10 Å². The van der Waals surface area contributed by atoms with E-state index in [4.69, 9.17) is 32.7 Å². The number of hydrogen-bond acceptors (Lipinski definition) is 5. The van der Waals surface area contributed by atoms with Crippen LogP contribution in [-0.4, -0.2) is 25.1 Å². The summed E-state index contributed by atoms with van der Waals surface area (Å²) in [6.45, 7) is 0.305. The molecule has 0 heterocycles. The van der Waals surface area contributed by atoms with Crippen LogP contribution in [0, 0.1) is 0 Å². The minimum Gasteiger partial charge on any atom is -0.497 e. The van der Waals surface area contributed by atoms with Crippen LogP contribution in [0.25, 0.3) is 0 Å². The van der Waals surface area contributed by atoms with Gasteiger partial charge in [0.15, 0.2) is 0 Å². The molecule has 0 fully saturated rings. The molecule has 3 rings (SSSR count). The van der Waals surface area contributed by atoms with Gasteiger partial charge in [0.05, 0.1) is 23.4 Å². The summed E-state index contributed by atoms with van der Waals surface area (Å²) < 4.78 is 10.8. The Kier molecular flexibility index (Phi) is 8.08. The van der Waals surface area contributed by atoms with Crippen LogP contribution in [0.15, 0.2) is 71.8 Å². The van der Waals surface area contributed by atoms with Crippen LogP contribution in [-0.2, 0) is 16.2 Å². The van der Waals surface area contributed by atoms with E-state index in [2.05, 4.69) is 15.8 Å². The highest BCUT2D eigenvalue weighted by molar-refractivity contribution is 6.42. The molecule has 164 valence electrons. The van der Waals surface area contributed by atoms with Gasteiger partial charge in [0.1, 0.15) is 18.1 Å². The van der Waals surface area contributed by atoms with Crippen molar-refractivity contribution in [3.8, 4) is 11.5 Å². The number of hydrogen-bond donors (Lipinski definition) is 2. The summed E-state index contributed by atoms with van der Waals surface area (Å²) in [7, 11) is 1.54. The molecule has 2 amide bonds. The highest BCUT2D eigenvalue weighted by atomic mass is 35.5. The fraction of sp³-hybridized carbons (Fsp3) is 0.0870. The van der Waals surface area contributed by atoms with Crippen molar-refractivity contribution in [2.24, 2.45) is 5.10 Å². The molecule has 3 aromatic rings. The molecule has 32 heavy (non-hydrogen) atoms. The average molecular weight is 472 g/mol. The van der Waals surface area contributed by atoms with Crippen LogP contribution in [0.5, 0.6) is 11.5 Å². The minimum absolute atomic E-state index is 0.305. The van der Waals surface area contributed by atoms with Crippen LogP contribution < -0.4 is 20.2 Å². The van der Waals surface area contributed by atoms with E-state index in [1.165, 1.54) is 13.3 Å². The predicted octanol–water partition coefficient (Wildman–Crippen LogP) is 4.67. The topological polar surface area (TPSA) is 89.0 Å². The molecular formula is C23H19Cl2N3O4. The molecule has 0 spiro atoms. The smallest absolute Gasteiger partial charge is 0.329 e. The van der Waals surface area contributed by atoms with Crippen LogP contribution >= 0.6 is 23.2 Å². The third-order valence-corrected chi connectivity index (χ3v) is 4.92. The third-order valence-electron chi connectivity index (χ3n) is 4.18. The van der Waals surface area contributed by atoms with Gasteiger partial charge in [-0.1, -0.05) is 41.4 Å². The molecule has 0 atom stereocenters. The molecule has 3 aromatic carbocycles. The first-order chi connectivity index (χ1) is 15.4. The standard InChI is InChI=1S/C23H19Cl2N3O4/c1-31-18-8-6-17(7-9-18)27-22(29)23(30)28-26-13-15-3-2-4-19(11-15)32-14-16-5-10-20(24)21(25)12-16/h2-13H,14H2,1H3,(H,27,29)(H,28,30)/b26-13-. The first-order valence-corrected chi connectivity index (χ1v) is 10.2. The van der Waals surface area contributed by atoms with Gasteiger partial charge in [0, 0.05) is 5.69 Å². The molecule has 0 bridgehead atoms. The first kappa shape index (κ1) is 23.1. The Hall–Kier alpha value is -3.55. The second-order valence-corrected chi connectivity index (χ2v) is 7.31. The van der Waals surface area contributed by atoms with E-state index >= 15 is 0 Å². The molecule has 0 unspecified atom stereocenters. The lowest BCUT2D eigenvalue weighted by molar-refractivity contribution is -0.136. The monoisotopic (exact) mass is 471 g/mol. The van der Waals surface area contributed by atoms with E-state index in [1.807, 2.05) is 6.07 Å². The van der Waals surface area contributed by atoms with Crippen molar-refractivity contribution in [1.29, 1.82) is 0 Å². The number of benzene rings is 3. The number of rotatable bonds is 7. The molecule has 0 saturated heterocycles. The SMILES string of the molecule is COc1ccc(NC(=O)C(=O)N/N=C\c2cccc(OCc3ccc(Cl)c(Cl)c3)c2)cc1. The van der Waals surface area contributed by atoms with Crippen molar-refractivity contribution in [3.05, 3.63) is 87.9 Å². The summed E-state index contributed by atoms with van der Waals surface area (Å²) in [6, 6.07) is 18.9. The van der Waals surface area contributed by atoms with E-state index in [0.29, 0.717) is 39.4 Å². The lowest BCUT2D eigenvalue weighted by Gasteiger charge is -2.08. The second kappa shape index (κ2) is 11.2. The lowest BCUT2D eigenvalue weighted by atomic mass is 10.2. The number of nitrogens with one attached hydrogen (secondary N) is 2. The zero-order chi connectivity index (χ0) is 22.9. The Bertz CT molecular complexity index is 1130. The second-order valence-electron chi connectivity index (χ2n) is 6.49. The Balaban J connectivity index is 1.51. The molecule has 0 saturated carbocycles. The van der Waals surface area contributed by atoms with Crippen molar-refractivity contribution in [2.45, 2.75) is 6.61 Å². The van der Waals surface area contributed by atoms with Gasteiger partial charge in [0.2, 0.25) is 0 Å². The maximum absolute atomic E-state index is 12.0. The largest absolute Gasteiger partial charge is 0.497 e. The van der Waals surface area contributed by atoms with E-state index in [9.17, 15) is 9.59 Å². The maximum atomic E-state index is 12.0. The van der Waals surface area contributed by atoms with Crippen molar-refractivity contribution in [1.82, 2.24) is 5.43 Å².